The van der Waals surface area contributed by atoms with Gasteiger partial charge in [-0.05, 0) is 31.2 Å². The highest BCUT2D eigenvalue weighted by Crippen LogP contribution is 2.27. The van der Waals surface area contributed by atoms with Gasteiger partial charge < -0.3 is 9.88 Å². The van der Waals surface area contributed by atoms with Crippen LogP contribution in [-0.2, 0) is 31.1 Å². The molecule has 1 N–H and O–H groups in total. The minimum absolute atomic E-state index is 0.0642. The van der Waals surface area contributed by atoms with Crippen LogP contribution in [0.15, 0.2) is 64.6 Å². The quantitative estimate of drug-likeness (QED) is 0.338. The maximum Gasteiger partial charge on any atom is 0.451 e. The number of imidazole rings is 1. The molecule has 0 spiro atoms. The van der Waals surface area contributed by atoms with Crippen molar-refractivity contribution in [2.24, 2.45) is 7.05 Å². The molecular formula is C25H20F3N9O3. The lowest BCUT2D eigenvalue weighted by atomic mass is 10.2. The second-order valence-electron chi connectivity index (χ2n) is 8.72. The van der Waals surface area contributed by atoms with Crippen molar-refractivity contribution in [2.45, 2.75) is 26.2 Å². The predicted molar refractivity (Wildman–Crippen MR) is 136 cm³/mol. The predicted octanol–water partition coefficient (Wildman–Crippen LogP) is 2.16. The number of halogens is 3. The Morgan fingerprint density at radius 2 is 1.73 bits per heavy atom. The first-order valence-electron chi connectivity index (χ1n) is 11.8. The number of aromatic nitrogens is 8. The maximum absolute atomic E-state index is 13.4. The summed E-state index contributed by atoms with van der Waals surface area (Å²) in [5.74, 6) is -1.39. The van der Waals surface area contributed by atoms with Gasteiger partial charge in [0.2, 0.25) is 11.7 Å². The minimum Gasteiger partial charge on any atom is -0.313 e. The molecule has 1 amide bonds. The van der Waals surface area contributed by atoms with Crippen molar-refractivity contribution in [3.63, 3.8) is 0 Å². The summed E-state index contributed by atoms with van der Waals surface area (Å²) in [6, 6.07) is 9.72. The number of pyridine rings is 2. The van der Waals surface area contributed by atoms with Crippen LogP contribution in [0.5, 0.6) is 0 Å². The van der Waals surface area contributed by atoms with Gasteiger partial charge in [-0.1, -0.05) is 12.1 Å². The first kappa shape index (κ1) is 26.4. The lowest BCUT2D eigenvalue weighted by molar-refractivity contribution is -0.145. The third-order valence-electron chi connectivity index (χ3n) is 5.99. The third-order valence-corrected chi connectivity index (χ3v) is 5.99. The average molecular weight is 551 g/mol. The van der Waals surface area contributed by atoms with Crippen LogP contribution in [0.3, 0.4) is 0 Å². The molecule has 0 fully saturated rings. The van der Waals surface area contributed by atoms with Gasteiger partial charge >= 0.3 is 11.9 Å². The topological polar surface area (TPSA) is 142 Å². The summed E-state index contributed by atoms with van der Waals surface area (Å²) in [7, 11) is 1.48. The highest BCUT2D eigenvalue weighted by molar-refractivity contribution is 5.91. The van der Waals surface area contributed by atoms with Crippen LogP contribution in [0.4, 0.5) is 19.0 Å². The van der Waals surface area contributed by atoms with Gasteiger partial charge in [0, 0.05) is 31.2 Å². The third kappa shape index (κ3) is 5.08. The number of carbonyl (C=O) groups excluding carboxylic acids is 1. The Balaban J connectivity index is 1.42. The molecular weight excluding hydrogens is 531 g/mol. The fourth-order valence-electron chi connectivity index (χ4n) is 4.06. The van der Waals surface area contributed by atoms with Gasteiger partial charge in [-0.15, -0.1) is 0 Å². The molecule has 5 heterocycles. The Hall–Kier alpha value is -5.21. The standard InChI is InChI=1S/C25H20F3N9O3/c1-14-32-21-20(22(39)37(24(40)35(21)2)12-16-6-3-4-9-29-16)36(14)13-19(38)34-18-8-5-7-17(33-18)15-10-30-23(31-11-15)25(26,27)28/h3-11H,12-13H2,1-2H3,(H,33,34,38). The van der Waals surface area contributed by atoms with E-state index in [0.29, 0.717) is 11.5 Å². The normalized spacial score (nSPS) is 11.6. The number of aryl methyl sites for hydroxylation is 2. The van der Waals surface area contributed by atoms with E-state index in [0.717, 1.165) is 17.0 Å². The van der Waals surface area contributed by atoms with Crippen molar-refractivity contribution < 1.29 is 18.0 Å². The Morgan fingerprint density at radius 1 is 0.975 bits per heavy atom. The zero-order valence-electron chi connectivity index (χ0n) is 21.0. The largest absolute Gasteiger partial charge is 0.451 e. The Kier molecular flexibility index (Phi) is 6.71. The fourth-order valence-corrected chi connectivity index (χ4v) is 4.06. The molecule has 0 bridgehead atoms. The highest BCUT2D eigenvalue weighted by atomic mass is 19.4. The van der Waals surface area contributed by atoms with E-state index in [4.69, 9.17) is 0 Å². The Labute approximate surface area is 222 Å². The van der Waals surface area contributed by atoms with Crippen LogP contribution in [0.2, 0.25) is 0 Å². The van der Waals surface area contributed by atoms with Crippen molar-refractivity contribution in [3.05, 3.63) is 93.2 Å². The average Bonchev–Trinajstić information content (AvgIpc) is 3.26. The minimum atomic E-state index is -4.68. The van der Waals surface area contributed by atoms with Crippen molar-refractivity contribution in [1.82, 2.24) is 38.6 Å². The van der Waals surface area contributed by atoms with Crippen LogP contribution in [-0.4, -0.2) is 44.5 Å². The summed E-state index contributed by atoms with van der Waals surface area (Å²) < 4.78 is 41.9. The number of fused-ring (bicyclic) bond motifs is 1. The Bertz CT molecular complexity index is 1840. The van der Waals surface area contributed by atoms with E-state index in [1.54, 1.807) is 37.4 Å². The van der Waals surface area contributed by atoms with Gasteiger partial charge in [0.1, 0.15) is 18.2 Å². The van der Waals surface area contributed by atoms with E-state index in [9.17, 15) is 27.6 Å². The van der Waals surface area contributed by atoms with Gasteiger partial charge in [-0.2, -0.15) is 13.2 Å². The molecule has 0 aromatic carbocycles. The highest BCUT2D eigenvalue weighted by Gasteiger charge is 2.34. The molecule has 40 heavy (non-hydrogen) atoms. The molecule has 12 nitrogen and oxygen atoms in total. The van der Waals surface area contributed by atoms with Crippen molar-refractivity contribution >= 4 is 22.9 Å². The lowest BCUT2D eigenvalue weighted by Crippen LogP contribution is -2.40. The number of hydrogen-bond acceptors (Lipinski definition) is 8. The molecule has 0 aliphatic rings. The van der Waals surface area contributed by atoms with E-state index < -0.39 is 29.2 Å². The number of hydrogen-bond donors (Lipinski definition) is 1. The monoisotopic (exact) mass is 551 g/mol. The zero-order chi connectivity index (χ0) is 28.6. The smallest absolute Gasteiger partial charge is 0.313 e. The number of carbonyl (C=O) groups is 1. The SMILES string of the molecule is Cc1nc2c(c(=O)n(Cc3ccccn3)c(=O)n2C)n1CC(=O)Nc1cccc(-c2cnc(C(F)(F)F)nc2)n1. The summed E-state index contributed by atoms with van der Waals surface area (Å²) in [5, 5.41) is 2.61. The lowest BCUT2D eigenvalue weighted by Gasteiger charge is -2.11. The summed E-state index contributed by atoms with van der Waals surface area (Å²) in [6.07, 6.45) is -1.14. The van der Waals surface area contributed by atoms with Gasteiger partial charge in [0.05, 0.1) is 17.9 Å². The van der Waals surface area contributed by atoms with E-state index in [1.165, 1.54) is 28.3 Å². The van der Waals surface area contributed by atoms with Crippen LogP contribution < -0.4 is 16.6 Å². The molecule has 0 aliphatic carbocycles. The number of amides is 1. The molecule has 0 unspecified atom stereocenters. The summed E-state index contributed by atoms with van der Waals surface area (Å²) in [4.78, 5) is 58.7. The van der Waals surface area contributed by atoms with Gasteiger partial charge in [0.15, 0.2) is 11.2 Å². The van der Waals surface area contributed by atoms with Crippen LogP contribution in [0.1, 0.15) is 17.3 Å². The molecule has 0 aliphatic heterocycles. The number of rotatable bonds is 6. The molecule has 0 saturated heterocycles. The van der Waals surface area contributed by atoms with E-state index >= 15 is 0 Å². The van der Waals surface area contributed by atoms with Gasteiger partial charge in [-0.25, -0.2) is 24.7 Å². The van der Waals surface area contributed by atoms with Crippen LogP contribution in [0.25, 0.3) is 22.4 Å². The maximum atomic E-state index is 13.4. The van der Waals surface area contributed by atoms with Gasteiger partial charge in [0.25, 0.3) is 5.56 Å². The van der Waals surface area contributed by atoms with E-state index in [1.807, 2.05) is 0 Å². The molecule has 204 valence electrons. The molecule has 5 rings (SSSR count). The van der Waals surface area contributed by atoms with Crippen molar-refractivity contribution in [1.29, 1.82) is 0 Å². The van der Waals surface area contributed by atoms with Crippen LogP contribution in [0, 0.1) is 6.92 Å². The first-order chi connectivity index (χ1) is 19.0. The molecule has 5 aromatic rings. The molecule has 15 heteroatoms. The number of nitrogens with zero attached hydrogens (tertiary/aromatic N) is 8. The second-order valence-corrected chi connectivity index (χ2v) is 8.72. The van der Waals surface area contributed by atoms with E-state index in [-0.39, 0.29) is 41.3 Å². The molecule has 0 saturated carbocycles. The fraction of sp³-hybridized carbons (Fsp3) is 0.200. The van der Waals surface area contributed by atoms with Gasteiger partial charge in [-0.3, -0.25) is 23.7 Å². The van der Waals surface area contributed by atoms with Crippen molar-refractivity contribution in [3.8, 4) is 11.3 Å². The van der Waals surface area contributed by atoms with E-state index in [2.05, 4.69) is 30.2 Å². The zero-order valence-corrected chi connectivity index (χ0v) is 21.0. The summed E-state index contributed by atoms with van der Waals surface area (Å²) in [6.45, 7) is 1.21. The first-order valence-corrected chi connectivity index (χ1v) is 11.8. The number of alkyl halides is 3. The van der Waals surface area contributed by atoms with Crippen LogP contribution >= 0.6 is 0 Å². The molecule has 0 atom stereocenters. The molecule has 5 aromatic heterocycles. The summed E-state index contributed by atoms with van der Waals surface area (Å²) >= 11 is 0. The number of anilines is 1. The summed E-state index contributed by atoms with van der Waals surface area (Å²) in [5.41, 5.74) is -0.0523. The number of nitrogens with one attached hydrogen (secondary N) is 1. The van der Waals surface area contributed by atoms with Crippen molar-refractivity contribution in [2.75, 3.05) is 5.32 Å². The molecule has 0 radical (unpaired) electrons. The second kappa shape index (κ2) is 10.2. The Morgan fingerprint density at radius 3 is 2.40 bits per heavy atom.